The van der Waals surface area contributed by atoms with Gasteiger partial charge in [0.25, 0.3) is 0 Å². The van der Waals surface area contributed by atoms with Gasteiger partial charge in [0.15, 0.2) is 0 Å². The van der Waals surface area contributed by atoms with E-state index in [4.69, 9.17) is 11.6 Å². The van der Waals surface area contributed by atoms with Crippen molar-refractivity contribution >= 4 is 34.0 Å². The van der Waals surface area contributed by atoms with Gasteiger partial charge in [0.1, 0.15) is 16.6 Å². The molecule has 2 rings (SSSR count). The normalized spacial score (nSPS) is 11.2. The summed E-state index contributed by atoms with van der Waals surface area (Å²) in [5.74, 6) is -0.960. The smallest absolute Gasteiger partial charge is 0.406 e. The summed E-state index contributed by atoms with van der Waals surface area (Å²) in [4.78, 5) is 11.1. The number of carbonyl (C=O) groups is 1. The van der Waals surface area contributed by atoms with Crippen molar-refractivity contribution in [2.75, 3.05) is 11.2 Å². The fourth-order valence-corrected chi connectivity index (χ4v) is 2.17. The molecule has 1 aromatic carbocycles. The van der Waals surface area contributed by atoms with Crippen LogP contribution in [-0.4, -0.2) is 28.3 Å². The second kappa shape index (κ2) is 6.27. The summed E-state index contributed by atoms with van der Waals surface area (Å²) in [6.07, 6.45) is -4.73. The van der Waals surface area contributed by atoms with E-state index in [1.807, 2.05) is 0 Å². The average molecular weight is 338 g/mol. The van der Waals surface area contributed by atoms with E-state index in [1.165, 1.54) is 24.3 Å². The average Bonchev–Trinajstić information content (AvgIpc) is 2.86. The number of alkyl halides is 4. The minimum absolute atomic E-state index is 0.210. The van der Waals surface area contributed by atoms with Gasteiger partial charge in [0.2, 0.25) is 11.0 Å². The molecule has 1 heterocycles. The molecule has 0 aliphatic heterocycles. The first-order chi connectivity index (χ1) is 9.87. The number of aromatic nitrogens is 2. The fraction of sp³-hybridized carbons (Fsp3) is 0.182. The Balaban J connectivity index is 2.10. The van der Waals surface area contributed by atoms with Crippen LogP contribution in [0.15, 0.2) is 24.3 Å². The maximum atomic E-state index is 12.0. The summed E-state index contributed by atoms with van der Waals surface area (Å²) in [5, 5.41) is 10.7. The topological polar surface area (TPSA) is 64.1 Å². The van der Waals surface area contributed by atoms with Gasteiger partial charge in [-0.3, -0.25) is 10.1 Å². The number of nitrogens with one attached hydrogen (secondary N) is 1. The summed E-state index contributed by atoms with van der Waals surface area (Å²) < 4.78 is 39.8. The quantitative estimate of drug-likeness (QED) is 0.870. The van der Waals surface area contributed by atoms with Gasteiger partial charge in [-0.2, -0.15) is 0 Å². The van der Waals surface area contributed by atoms with Crippen molar-refractivity contribution in [3.63, 3.8) is 0 Å². The number of hydrogen-bond acceptors (Lipinski definition) is 5. The highest BCUT2D eigenvalue weighted by atomic mass is 35.5. The lowest BCUT2D eigenvalue weighted by Crippen LogP contribution is -2.16. The Bertz CT molecular complexity index is 630. The number of hydrogen-bond donors (Lipinski definition) is 1. The number of benzene rings is 1. The van der Waals surface area contributed by atoms with Crippen LogP contribution in [0.2, 0.25) is 0 Å². The first-order valence-corrected chi connectivity index (χ1v) is 6.78. The van der Waals surface area contributed by atoms with Crippen molar-refractivity contribution in [2.45, 2.75) is 6.36 Å². The molecule has 21 heavy (non-hydrogen) atoms. The lowest BCUT2D eigenvalue weighted by Gasteiger charge is -2.08. The SMILES string of the molecule is O=C(CCl)Nc1nnc(-c2ccc(OC(F)(F)F)cc2)s1. The highest BCUT2D eigenvalue weighted by molar-refractivity contribution is 7.18. The van der Waals surface area contributed by atoms with E-state index in [1.54, 1.807) is 0 Å². The zero-order valence-corrected chi connectivity index (χ0v) is 11.7. The minimum atomic E-state index is -4.73. The Hall–Kier alpha value is -1.87. The van der Waals surface area contributed by atoms with Gasteiger partial charge >= 0.3 is 6.36 Å². The molecule has 1 N–H and O–H groups in total. The third-order valence-corrected chi connectivity index (χ3v) is 3.26. The van der Waals surface area contributed by atoms with Crippen LogP contribution in [0.3, 0.4) is 0 Å². The van der Waals surface area contributed by atoms with E-state index in [-0.39, 0.29) is 16.8 Å². The summed E-state index contributed by atoms with van der Waals surface area (Å²) >= 11 is 6.41. The lowest BCUT2D eigenvalue weighted by molar-refractivity contribution is -0.274. The van der Waals surface area contributed by atoms with E-state index < -0.39 is 12.3 Å². The van der Waals surface area contributed by atoms with Gasteiger partial charge in [-0.25, -0.2) is 0 Å². The zero-order chi connectivity index (χ0) is 15.5. The Morgan fingerprint density at radius 3 is 2.52 bits per heavy atom. The molecular weight excluding hydrogens is 331 g/mol. The maximum Gasteiger partial charge on any atom is 0.573 e. The summed E-state index contributed by atoms with van der Waals surface area (Å²) in [6.45, 7) is 0. The van der Waals surface area contributed by atoms with Crippen LogP contribution in [0, 0.1) is 0 Å². The van der Waals surface area contributed by atoms with Crippen molar-refractivity contribution in [1.82, 2.24) is 10.2 Å². The number of ether oxygens (including phenoxy) is 1. The van der Waals surface area contributed by atoms with Crippen LogP contribution in [0.1, 0.15) is 0 Å². The van der Waals surface area contributed by atoms with Crippen LogP contribution in [0.25, 0.3) is 10.6 Å². The van der Waals surface area contributed by atoms with Crippen LogP contribution in [-0.2, 0) is 4.79 Å². The van der Waals surface area contributed by atoms with Crippen molar-refractivity contribution < 1.29 is 22.7 Å². The number of rotatable bonds is 4. The summed E-state index contributed by atoms with van der Waals surface area (Å²) in [6, 6.07) is 5.16. The van der Waals surface area contributed by atoms with Gasteiger partial charge < -0.3 is 4.74 Å². The second-order valence-corrected chi connectivity index (χ2v) is 4.91. The largest absolute Gasteiger partial charge is 0.573 e. The Morgan fingerprint density at radius 2 is 1.95 bits per heavy atom. The van der Waals surface area contributed by atoms with Gasteiger partial charge in [-0.05, 0) is 24.3 Å². The molecule has 0 bridgehead atoms. The maximum absolute atomic E-state index is 12.0. The fourth-order valence-electron chi connectivity index (χ4n) is 1.34. The zero-order valence-electron chi connectivity index (χ0n) is 10.1. The molecule has 10 heteroatoms. The highest BCUT2D eigenvalue weighted by Gasteiger charge is 2.31. The van der Waals surface area contributed by atoms with Crippen LogP contribution in [0.5, 0.6) is 5.75 Å². The Kier molecular flexibility index (Phi) is 4.63. The minimum Gasteiger partial charge on any atom is -0.406 e. The standard InChI is InChI=1S/C11H7ClF3N3O2S/c12-5-8(19)16-10-18-17-9(21-10)6-1-3-7(4-2-6)20-11(13,14)15/h1-4H,5H2,(H,16,18,19). The number of anilines is 1. The predicted molar refractivity (Wildman–Crippen MR) is 71.4 cm³/mol. The molecule has 0 saturated carbocycles. The predicted octanol–water partition coefficient (Wildman–Crippen LogP) is 3.28. The van der Waals surface area contributed by atoms with Crippen molar-refractivity contribution in [3.8, 4) is 16.3 Å². The molecule has 112 valence electrons. The van der Waals surface area contributed by atoms with E-state index in [0.29, 0.717) is 10.6 Å². The monoisotopic (exact) mass is 337 g/mol. The van der Waals surface area contributed by atoms with E-state index in [2.05, 4.69) is 20.3 Å². The van der Waals surface area contributed by atoms with Crippen LogP contribution < -0.4 is 10.1 Å². The van der Waals surface area contributed by atoms with Gasteiger partial charge in [0, 0.05) is 5.56 Å². The van der Waals surface area contributed by atoms with Crippen molar-refractivity contribution in [1.29, 1.82) is 0 Å². The van der Waals surface area contributed by atoms with Gasteiger partial charge in [-0.1, -0.05) is 11.3 Å². The molecule has 0 radical (unpaired) electrons. The molecule has 0 spiro atoms. The van der Waals surface area contributed by atoms with Crippen molar-refractivity contribution in [3.05, 3.63) is 24.3 Å². The van der Waals surface area contributed by atoms with Crippen LogP contribution >= 0.6 is 22.9 Å². The van der Waals surface area contributed by atoms with E-state index in [9.17, 15) is 18.0 Å². The molecule has 1 aromatic heterocycles. The molecule has 1 amide bonds. The second-order valence-electron chi connectivity index (χ2n) is 3.67. The molecule has 0 aliphatic carbocycles. The number of amides is 1. The third kappa shape index (κ3) is 4.57. The highest BCUT2D eigenvalue weighted by Crippen LogP contribution is 2.29. The molecule has 5 nitrogen and oxygen atoms in total. The lowest BCUT2D eigenvalue weighted by atomic mass is 10.2. The molecule has 0 unspecified atom stereocenters. The molecule has 0 atom stereocenters. The van der Waals surface area contributed by atoms with E-state index in [0.717, 1.165) is 11.3 Å². The number of nitrogens with zero attached hydrogens (tertiary/aromatic N) is 2. The molecule has 2 aromatic rings. The molecule has 0 saturated heterocycles. The van der Waals surface area contributed by atoms with Crippen molar-refractivity contribution in [2.24, 2.45) is 0 Å². The van der Waals surface area contributed by atoms with Gasteiger partial charge in [-0.15, -0.1) is 35.0 Å². The molecule has 0 fully saturated rings. The first-order valence-electron chi connectivity index (χ1n) is 5.43. The van der Waals surface area contributed by atoms with E-state index >= 15 is 0 Å². The first kappa shape index (κ1) is 15.5. The van der Waals surface area contributed by atoms with Gasteiger partial charge in [0.05, 0.1) is 0 Å². The summed E-state index contributed by atoms with van der Waals surface area (Å²) in [5.41, 5.74) is 0.549. The summed E-state index contributed by atoms with van der Waals surface area (Å²) in [7, 11) is 0. The third-order valence-electron chi connectivity index (χ3n) is 2.13. The molecule has 0 aliphatic rings. The van der Waals surface area contributed by atoms with Crippen LogP contribution in [0.4, 0.5) is 18.3 Å². The number of carbonyl (C=O) groups excluding carboxylic acids is 1. The number of halogens is 4. The Labute approximate surface area is 125 Å². The molecular formula is C11H7ClF3N3O2S. The Morgan fingerprint density at radius 1 is 1.29 bits per heavy atom.